The van der Waals surface area contributed by atoms with Gasteiger partial charge in [-0.25, -0.2) is 0 Å². The Morgan fingerprint density at radius 2 is 1.59 bits per heavy atom. The Morgan fingerprint density at radius 3 is 2.06 bits per heavy atom. The normalized spacial score (nSPS) is 8.29. The Bertz CT molecular complexity index is 368. The third-order valence-electron chi connectivity index (χ3n) is 1.76. The topological polar surface area (TPSA) is 20.2 Å². The maximum Gasteiger partial charge on any atom is 3.00 e. The largest absolute Gasteiger partial charge is 3.00 e. The van der Waals surface area contributed by atoms with Crippen molar-refractivity contribution >= 4 is 19.8 Å². The van der Waals surface area contributed by atoms with Gasteiger partial charge in [0.25, 0.3) is 0 Å². The van der Waals surface area contributed by atoms with Crippen molar-refractivity contribution in [1.29, 1.82) is 0 Å². The van der Waals surface area contributed by atoms with Crippen molar-refractivity contribution in [2.75, 3.05) is 0 Å². The molecule has 0 aliphatic rings. The molecule has 92 valence electrons. The van der Waals surface area contributed by atoms with Crippen LogP contribution in [0.15, 0.2) is 36.4 Å². The first-order chi connectivity index (χ1) is 6.59. The molecule has 1 N–H and O–H groups in total. The number of halogens is 2. The second-order valence-corrected chi connectivity index (χ2v) is 5.50. The third-order valence-corrected chi connectivity index (χ3v) is 1.76. The van der Waals surface area contributed by atoms with E-state index in [4.69, 9.17) is 4.80 Å². The zero-order valence-corrected chi connectivity index (χ0v) is 15.1. The Hall–Kier alpha value is 0.470. The van der Waals surface area contributed by atoms with E-state index in [1.54, 1.807) is 0 Å². The second-order valence-electron chi connectivity index (χ2n) is 3.61. The van der Waals surface area contributed by atoms with E-state index in [0.717, 1.165) is 0 Å². The van der Waals surface area contributed by atoms with Crippen LogP contribution in [-0.2, 0) is 26.2 Å². The monoisotopic (exact) mass is 364 g/mol. The zero-order valence-electron chi connectivity index (χ0n) is 10.2. The predicted octanol–water partition coefficient (Wildman–Crippen LogP) is -2.90. The fourth-order valence-electron chi connectivity index (χ4n) is 1.31. The standard InChI is InChI=1S/C10H9.C2H7OSi.2ClH.Zr/c1-8-6-9-4-2-3-5-10(9)7-8;1-4(2)3;;;/h2-7H,1H3;3H,1-2H3;2*1H;/q-1;;;;+3/p-2. The van der Waals surface area contributed by atoms with E-state index in [9.17, 15) is 0 Å². The summed E-state index contributed by atoms with van der Waals surface area (Å²) in [6, 6.07) is 12.8. The van der Waals surface area contributed by atoms with Gasteiger partial charge in [0, 0.05) is 0 Å². The molecule has 2 aromatic rings. The summed E-state index contributed by atoms with van der Waals surface area (Å²) in [7, 11) is -0.880. The molecule has 0 amide bonds. The molecule has 0 aromatic heterocycles. The summed E-state index contributed by atoms with van der Waals surface area (Å²) in [6.07, 6.45) is 0. The molecule has 1 nitrogen and oxygen atoms in total. The van der Waals surface area contributed by atoms with Gasteiger partial charge in [0.15, 0.2) is 9.04 Å². The van der Waals surface area contributed by atoms with Crippen molar-refractivity contribution in [3.8, 4) is 0 Å². The van der Waals surface area contributed by atoms with E-state index in [2.05, 4.69) is 43.3 Å². The summed E-state index contributed by atoms with van der Waals surface area (Å²) < 4.78 is 0. The van der Waals surface area contributed by atoms with Gasteiger partial charge in [-0.05, 0) is 13.1 Å². The number of rotatable bonds is 0. The Balaban J connectivity index is -0.000000252. The molecule has 5 heteroatoms. The fraction of sp³-hybridized carbons (Fsp3) is 0.250. The van der Waals surface area contributed by atoms with Crippen LogP contribution in [0.5, 0.6) is 0 Å². The predicted molar refractivity (Wildman–Crippen MR) is 64.0 cm³/mol. The van der Waals surface area contributed by atoms with Crippen LogP contribution < -0.4 is 24.8 Å². The van der Waals surface area contributed by atoms with Crippen LogP contribution in [0.1, 0.15) is 5.56 Å². The van der Waals surface area contributed by atoms with Crippen molar-refractivity contribution in [2.24, 2.45) is 0 Å². The van der Waals surface area contributed by atoms with Crippen LogP contribution in [-0.4, -0.2) is 13.8 Å². The van der Waals surface area contributed by atoms with Gasteiger partial charge < -0.3 is 29.6 Å². The second kappa shape index (κ2) is 11.6. The molecule has 2 aromatic carbocycles. The van der Waals surface area contributed by atoms with Crippen molar-refractivity contribution < 1.29 is 55.8 Å². The first-order valence-corrected chi connectivity index (χ1v) is 7.15. The van der Waals surface area contributed by atoms with E-state index < -0.39 is 9.04 Å². The van der Waals surface area contributed by atoms with Crippen molar-refractivity contribution in [2.45, 2.75) is 20.0 Å². The molecule has 0 fully saturated rings. The van der Waals surface area contributed by atoms with Crippen LogP contribution in [0, 0.1) is 6.92 Å². The summed E-state index contributed by atoms with van der Waals surface area (Å²) in [5.74, 6) is 0. The first-order valence-electron chi connectivity index (χ1n) is 4.71. The minimum absolute atomic E-state index is 0. The van der Waals surface area contributed by atoms with Gasteiger partial charge in [0.1, 0.15) is 0 Å². The maximum absolute atomic E-state index is 8.16. The Morgan fingerprint density at radius 1 is 1.12 bits per heavy atom. The fourth-order valence-corrected chi connectivity index (χ4v) is 1.31. The van der Waals surface area contributed by atoms with Gasteiger partial charge in [-0.2, -0.15) is 6.07 Å². The van der Waals surface area contributed by atoms with Gasteiger partial charge in [0.05, 0.1) is 0 Å². The van der Waals surface area contributed by atoms with Crippen molar-refractivity contribution in [3.05, 3.63) is 42.0 Å². The molecule has 0 saturated carbocycles. The van der Waals surface area contributed by atoms with Crippen molar-refractivity contribution in [1.82, 2.24) is 0 Å². The van der Waals surface area contributed by atoms with Crippen LogP contribution >= 0.6 is 0 Å². The molecule has 0 aliphatic heterocycles. The van der Waals surface area contributed by atoms with Gasteiger partial charge in [-0.1, -0.05) is 13.0 Å². The Labute approximate surface area is 137 Å². The Kier molecular flexibility index (Phi) is 15.4. The molecular weight excluding hydrogens is 350 g/mol. The molecule has 0 bridgehead atoms. The van der Waals surface area contributed by atoms with E-state index in [1.807, 2.05) is 13.1 Å². The summed E-state index contributed by atoms with van der Waals surface area (Å²) in [5.41, 5.74) is 1.35. The number of benzene rings is 1. The minimum atomic E-state index is -0.880. The number of aryl methyl sites for hydroxylation is 1. The molecule has 17 heavy (non-hydrogen) atoms. The van der Waals surface area contributed by atoms with Crippen molar-refractivity contribution in [3.63, 3.8) is 0 Å². The maximum atomic E-state index is 8.16. The first kappa shape index (κ1) is 22.6. The molecule has 0 heterocycles. The van der Waals surface area contributed by atoms with E-state index in [1.165, 1.54) is 16.3 Å². The molecule has 0 spiro atoms. The molecule has 0 saturated heterocycles. The van der Waals surface area contributed by atoms with E-state index in [-0.39, 0.29) is 51.0 Å². The van der Waals surface area contributed by atoms with Crippen LogP contribution in [0.25, 0.3) is 10.8 Å². The van der Waals surface area contributed by atoms with Crippen LogP contribution in [0.3, 0.4) is 0 Å². The average molecular weight is 366 g/mol. The molecular formula is C12H16Cl2OSiZr. The average Bonchev–Trinajstić information content (AvgIpc) is 2.42. The summed E-state index contributed by atoms with van der Waals surface area (Å²) >= 11 is 0. The summed E-state index contributed by atoms with van der Waals surface area (Å²) in [4.78, 5) is 8.16. The molecule has 0 atom stereocenters. The minimum Gasteiger partial charge on any atom is -1.00 e. The van der Waals surface area contributed by atoms with E-state index in [0.29, 0.717) is 0 Å². The van der Waals surface area contributed by atoms with Gasteiger partial charge in [0.2, 0.25) is 0 Å². The molecule has 0 aliphatic carbocycles. The SMILES string of the molecule is C[Si](C)O.Cc1cc2ccccc2[cH-]1.[Cl-].[Cl-].[Zr+3]. The number of hydrogen-bond acceptors (Lipinski definition) is 1. The smallest absolute Gasteiger partial charge is 1.00 e. The molecule has 2 rings (SSSR count). The quantitative estimate of drug-likeness (QED) is 0.392. The molecule has 0 unspecified atom stereocenters. The third kappa shape index (κ3) is 9.10. The van der Waals surface area contributed by atoms with Crippen LogP contribution in [0.2, 0.25) is 13.1 Å². The van der Waals surface area contributed by atoms with Gasteiger partial charge in [-0.3, -0.25) is 0 Å². The van der Waals surface area contributed by atoms with Crippen LogP contribution in [0.4, 0.5) is 0 Å². The van der Waals surface area contributed by atoms with Gasteiger partial charge >= 0.3 is 26.2 Å². The zero-order chi connectivity index (χ0) is 10.6. The summed E-state index contributed by atoms with van der Waals surface area (Å²) in [5, 5.41) is 2.69. The summed E-state index contributed by atoms with van der Waals surface area (Å²) in [6.45, 7) is 5.77. The van der Waals surface area contributed by atoms with Gasteiger partial charge in [-0.15, -0.1) is 40.6 Å². The van der Waals surface area contributed by atoms with E-state index >= 15 is 0 Å². The number of hydrogen-bond donors (Lipinski definition) is 1. The molecule has 2 radical (unpaired) electrons. The number of fused-ring (bicyclic) bond motifs is 1.